The normalized spacial score (nSPS) is 11.9. The molecule has 284 valence electrons. The van der Waals surface area contributed by atoms with Crippen LogP contribution in [0.1, 0.15) is 0 Å². The maximum absolute atomic E-state index is 5.62. The molecule has 0 radical (unpaired) electrons. The first-order valence-corrected chi connectivity index (χ1v) is 20.5. The molecular formula is C54H33N7. The van der Waals surface area contributed by atoms with Crippen LogP contribution in [0.4, 0.5) is 0 Å². The summed E-state index contributed by atoms with van der Waals surface area (Å²) in [6.45, 7) is 0. The first kappa shape index (κ1) is 33.5. The molecule has 0 saturated carbocycles. The molecule has 0 aliphatic heterocycles. The van der Waals surface area contributed by atoms with Gasteiger partial charge in [0.2, 0.25) is 0 Å². The molecule has 61 heavy (non-hydrogen) atoms. The molecule has 13 rings (SSSR count). The van der Waals surface area contributed by atoms with Gasteiger partial charge in [0.1, 0.15) is 5.82 Å². The topological polar surface area (TPSA) is 66.3 Å². The van der Waals surface area contributed by atoms with Gasteiger partial charge in [0.25, 0.3) is 0 Å². The zero-order valence-corrected chi connectivity index (χ0v) is 32.7. The Morgan fingerprint density at radius 2 is 0.770 bits per heavy atom. The number of para-hydroxylation sites is 6. The van der Waals surface area contributed by atoms with Crippen LogP contribution >= 0.6 is 0 Å². The second kappa shape index (κ2) is 13.0. The predicted molar refractivity (Wildman–Crippen MR) is 249 cm³/mol. The molecule has 0 fully saturated rings. The van der Waals surface area contributed by atoms with E-state index in [1.807, 2.05) is 24.3 Å². The summed E-state index contributed by atoms with van der Waals surface area (Å²) in [6, 6.07) is 70.0. The average Bonchev–Trinajstić information content (AvgIpc) is 3.97. The minimum absolute atomic E-state index is 0.641. The molecule has 0 aliphatic rings. The number of nitrogens with zero attached hydrogens (tertiary/aromatic N) is 7. The summed E-state index contributed by atoms with van der Waals surface area (Å²) >= 11 is 0. The number of fused-ring (bicyclic) bond motifs is 10. The first-order chi connectivity index (χ1) is 30.3. The van der Waals surface area contributed by atoms with Gasteiger partial charge in [-0.25, -0.2) is 19.9 Å². The highest BCUT2D eigenvalue weighted by Gasteiger charge is 2.24. The Bertz CT molecular complexity index is 3830. The van der Waals surface area contributed by atoms with Gasteiger partial charge in [0.15, 0.2) is 23.1 Å². The quantitative estimate of drug-likeness (QED) is 0.174. The lowest BCUT2D eigenvalue weighted by molar-refractivity contribution is 1.05. The second-order valence-corrected chi connectivity index (χ2v) is 15.5. The summed E-state index contributed by atoms with van der Waals surface area (Å²) in [4.78, 5) is 21.5. The van der Waals surface area contributed by atoms with Crippen LogP contribution in [0.5, 0.6) is 0 Å². The molecule has 0 spiro atoms. The number of benzene rings is 8. The van der Waals surface area contributed by atoms with Crippen molar-refractivity contribution in [1.29, 1.82) is 0 Å². The van der Waals surface area contributed by atoms with Crippen LogP contribution < -0.4 is 0 Å². The summed E-state index contributed by atoms with van der Waals surface area (Å²) in [7, 11) is 0. The Kier molecular flexibility index (Phi) is 7.17. The van der Waals surface area contributed by atoms with Gasteiger partial charge >= 0.3 is 0 Å². The van der Waals surface area contributed by atoms with Gasteiger partial charge in [-0.05, 0) is 66.7 Å². The van der Waals surface area contributed by atoms with Crippen LogP contribution in [-0.2, 0) is 0 Å². The minimum Gasteiger partial charge on any atom is -0.294 e. The average molecular weight is 780 g/mol. The van der Waals surface area contributed by atoms with E-state index in [9.17, 15) is 0 Å². The van der Waals surface area contributed by atoms with E-state index in [0.717, 1.165) is 94.1 Å². The second-order valence-electron chi connectivity index (χ2n) is 15.5. The lowest BCUT2D eigenvalue weighted by atomic mass is 10.1. The van der Waals surface area contributed by atoms with E-state index < -0.39 is 0 Å². The zero-order chi connectivity index (χ0) is 40.0. The van der Waals surface area contributed by atoms with Crippen LogP contribution in [0, 0.1) is 0 Å². The van der Waals surface area contributed by atoms with E-state index in [-0.39, 0.29) is 0 Å². The fraction of sp³-hybridized carbons (Fsp3) is 0. The van der Waals surface area contributed by atoms with E-state index in [0.29, 0.717) is 11.6 Å². The molecule has 0 N–H and O–H groups in total. The van der Waals surface area contributed by atoms with Crippen molar-refractivity contribution in [3.8, 4) is 40.1 Å². The molecule has 0 atom stereocenters. The van der Waals surface area contributed by atoms with Crippen molar-refractivity contribution in [2.75, 3.05) is 0 Å². The molecule has 13 aromatic rings. The van der Waals surface area contributed by atoms with Crippen molar-refractivity contribution in [3.05, 3.63) is 200 Å². The minimum atomic E-state index is 0.641. The highest BCUT2D eigenvalue weighted by Crippen LogP contribution is 2.41. The molecule has 0 aliphatic carbocycles. The van der Waals surface area contributed by atoms with Crippen molar-refractivity contribution < 1.29 is 0 Å². The Labute approximate surface area is 349 Å². The van der Waals surface area contributed by atoms with Crippen LogP contribution in [0.3, 0.4) is 0 Å². The molecule has 0 saturated heterocycles. The first-order valence-electron chi connectivity index (χ1n) is 20.5. The number of aromatic nitrogens is 7. The summed E-state index contributed by atoms with van der Waals surface area (Å²) in [6.07, 6.45) is 0. The highest BCUT2D eigenvalue weighted by molar-refractivity contribution is 6.16. The molecule has 0 unspecified atom stereocenters. The monoisotopic (exact) mass is 779 g/mol. The number of hydrogen-bond donors (Lipinski definition) is 0. The van der Waals surface area contributed by atoms with Crippen LogP contribution in [-0.4, -0.2) is 33.6 Å². The van der Waals surface area contributed by atoms with Gasteiger partial charge in [-0.3, -0.25) is 13.7 Å². The fourth-order valence-electron chi connectivity index (χ4n) is 9.40. The van der Waals surface area contributed by atoms with E-state index in [1.165, 1.54) is 10.8 Å². The zero-order valence-electron chi connectivity index (χ0n) is 32.7. The van der Waals surface area contributed by atoms with E-state index in [4.69, 9.17) is 19.9 Å². The van der Waals surface area contributed by atoms with Gasteiger partial charge in [0.05, 0.1) is 38.5 Å². The summed E-state index contributed by atoms with van der Waals surface area (Å²) in [5, 5.41) is 7.63. The fourth-order valence-corrected chi connectivity index (χ4v) is 9.40. The van der Waals surface area contributed by atoms with Crippen molar-refractivity contribution in [2.24, 2.45) is 0 Å². The Balaban J connectivity index is 1.12. The van der Waals surface area contributed by atoms with Crippen LogP contribution in [0.15, 0.2) is 200 Å². The summed E-state index contributed by atoms with van der Waals surface area (Å²) < 4.78 is 6.89. The smallest absolute Gasteiger partial charge is 0.163 e. The largest absolute Gasteiger partial charge is 0.294 e. The van der Waals surface area contributed by atoms with Crippen LogP contribution in [0.2, 0.25) is 0 Å². The van der Waals surface area contributed by atoms with Gasteiger partial charge in [-0.15, -0.1) is 0 Å². The highest BCUT2D eigenvalue weighted by atomic mass is 15.1. The van der Waals surface area contributed by atoms with E-state index in [2.05, 4.69) is 190 Å². The van der Waals surface area contributed by atoms with Gasteiger partial charge in [-0.2, -0.15) is 0 Å². The molecule has 5 heterocycles. The van der Waals surface area contributed by atoms with Crippen molar-refractivity contribution in [2.45, 2.75) is 0 Å². The lowest BCUT2D eigenvalue weighted by Crippen LogP contribution is -2.04. The Morgan fingerprint density at radius 1 is 0.295 bits per heavy atom. The van der Waals surface area contributed by atoms with Gasteiger partial charge < -0.3 is 0 Å². The third-order valence-corrected chi connectivity index (χ3v) is 12.1. The molecule has 8 aromatic carbocycles. The Hall–Kier alpha value is -8.42. The number of rotatable bonds is 5. The van der Waals surface area contributed by atoms with E-state index >= 15 is 0 Å². The standard InChI is InChI=1S/C54H33N7/c1-3-17-34(18-4-1)50-55-43-26-12-7-24-40(43)52(56-50)60-46-29-15-10-23-39(46)42-33-35(31-32-48(42)60)51-57-53-49(41-25-11-16-30-47(41)59(53)36-19-5-2-6-20-36)54(58-51)61-44-27-13-8-21-37(44)38-22-9-14-28-45(38)61/h1-33H. The summed E-state index contributed by atoms with van der Waals surface area (Å²) in [5.74, 6) is 3.00. The van der Waals surface area contributed by atoms with Crippen molar-refractivity contribution in [3.63, 3.8) is 0 Å². The van der Waals surface area contributed by atoms with Gasteiger partial charge in [0, 0.05) is 49.1 Å². The third kappa shape index (κ3) is 4.98. The maximum atomic E-state index is 5.62. The van der Waals surface area contributed by atoms with Crippen molar-refractivity contribution >= 4 is 76.5 Å². The third-order valence-electron chi connectivity index (χ3n) is 12.1. The van der Waals surface area contributed by atoms with Crippen molar-refractivity contribution in [1.82, 2.24) is 33.6 Å². The summed E-state index contributed by atoms with van der Waals surface area (Å²) in [5.41, 5.74) is 10.0. The maximum Gasteiger partial charge on any atom is 0.163 e. The van der Waals surface area contributed by atoms with Crippen LogP contribution in [0.25, 0.3) is 117 Å². The molecule has 7 heteroatoms. The Morgan fingerprint density at radius 3 is 1.44 bits per heavy atom. The lowest BCUT2D eigenvalue weighted by Gasteiger charge is -2.13. The number of hydrogen-bond acceptors (Lipinski definition) is 4. The SMILES string of the molecule is c1ccc(-c2nc(-n3c4ccccc4c4cc(-c5nc(-n6c7ccccc7c7ccccc76)c6c7ccccc7n(-c7ccccc7)c6n5)ccc43)c3ccccc3n2)cc1. The molecule has 7 nitrogen and oxygen atoms in total. The van der Waals surface area contributed by atoms with Gasteiger partial charge in [-0.1, -0.05) is 133 Å². The molecule has 5 aromatic heterocycles. The predicted octanol–water partition coefficient (Wildman–Crippen LogP) is 13.0. The molecule has 0 bridgehead atoms. The molecule has 0 amide bonds. The molecular weight excluding hydrogens is 747 g/mol. The van der Waals surface area contributed by atoms with E-state index in [1.54, 1.807) is 0 Å².